The van der Waals surface area contributed by atoms with E-state index in [4.69, 9.17) is 4.74 Å². The first kappa shape index (κ1) is 11.2. The fourth-order valence-electron chi connectivity index (χ4n) is 0.741. The van der Waals surface area contributed by atoms with Crippen molar-refractivity contribution in [2.45, 2.75) is 34.1 Å². The van der Waals surface area contributed by atoms with Gasteiger partial charge in [-0.2, -0.15) is 0 Å². The quantitative estimate of drug-likeness (QED) is 0.478. The Morgan fingerprint density at radius 1 is 1.50 bits per heavy atom. The SMILES string of the molecule is CCOC(=O)/C(C)=C/CC(C)C. The van der Waals surface area contributed by atoms with Crippen LogP contribution in [0.5, 0.6) is 0 Å². The van der Waals surface area contributed by atoms with Crippen LogP contribution in [0.3, 0.4) is 0 Å². The lowest BCUT2D eigenvalue weighted by molar-refractivity contribution is -0.138. The molecule has 0 spiro atoms. The molecule has 0 fully saturated rings. The van der Waals surface area contributed by atoms with E-state index in [1.54, 1.807) is 6.92 Å². The lowest BCUT2D eigenvalue weighted by Gasteiger charge is -2.02. The molecule has 70 valence electrons. The number of carbonyl (C=O) groups excluding carboxylic acids is 1. The molecule has 0 saturated heterocycles. The first-order chi connectivity index (χ1) is 5.57. The molecule has 0 saturated carbocycles. The van der Waals surface area contributed by atoms with Crippen LogP contribution in [0.15, 0.2) is 11.6 Å². The first-order valence-electron chi connectivity index (χ1n) is 4.41. The van der Waals surface area contributed by atoms with Gasteiger partial charge in [0, 0.05) is 5.57 Å². The van der Waals surface area contributed by atoms with E-state index < -0.39 is 0 Å². The number of carbonyl (C=O) groups is 1. The van der Waals surface area contributed by atoms with Gasteiger partial charge in [-0.15, -0.1) is 0 Å². The third-order valence-electron chi connectivity index (χ3n) is 1.49. The molecule has 0 aromatic carbocycles. The zero-order valence-corrected chi connectivity index (χ0v) is 8.39. The largest absolute Gasteiger partial charge is 0.463 e. The van der Waals surface area contributed by atoms with Crippen molar-refractivity contribution in [3.8, 4) is 0 Å². The van der Waals surface area contributed by atoms with Gasteiger partial charge in [0.15, 0.2) is 0 Å². The molecule has 12 heavy (non-hydrogen) atoms. The van der Waals surface area contributed by atoms with Crippen LogP contribution in [0.1, 0.15) is 34.1 Å². The fraction of sp³-hybridized carbons (Fsp3) is 0.700. The Kier molecular flexibility index (Phi) is 5.43. The molecule has 0 amide bonds. The van der Waals surface area contributed by atoms with E-state index in [0.29, 0.717) is 18.1 Å². The molecule has 0 aromatic rings. The maximum atomic E-state index is 11.1. The molecule has 2 nitrogen and oxygen atoms in total. The Morgan fingerprint density at radius 2 is 2.08 bits per heavy atom. The molecule has 0 radical (unpaired) electrons. The molecule has 0 aromatic heterocycles. The van der Waals surface area contributed by atoms with Gasteiger partial charge in [0.2, 0.25) is 0 Å². The zero-order valence-electron chi connectivity index (χ0n) is 8.39. The minimum absolute atomic E-state index is 0.196. The summed E-state index contributed by atoms with van der Waals surface area (Å²) in [6, 6.07) is 0. The molecule has 2 heteroatoms. The number of hydrogen-bond donors (Lipinski definition) is 0. The highest BCUT2D eigenvalue weighted by Gasteiger charge is 2.03. The van der Waals surface area contributed by atoms with Gasteiger partial charge in [-0.3, -0.25) is 0 Å². The van der Waals surface area contributed by atoms with Crippen LogP contribution < -0.4 is 0 Å². The molecular formula is C10H18O2. The van der Waals surface area contributed by atoms with Crippen LogP contribution in [0.4, 0.5) is 0 Å². The summed E-state index contributed by atoms with van der Waals surface area (Å²) >= 11 is 0. The number of hydrogen-bond acceptors (Lipinski definition) is 2. The molecule has 0 rings (SSSR count). The van der Waals surface area contributed by atoms with Crippen LogP contribution in [0.25, 0.3) is 0 Å². The van der Waals surface area contributed by atoms with Crippen LogP contribution >= 0.6 is 0 Å². The Bertz CT molecular complexity index is 169. The summed E-state index contributed by atoms with van der Waals surface area (Å²) in [6.07, 6.45) is 2.87. The topological polar surface area (TPSA) is 26.3 Å². The molecule has 0 unspecified atom stereocenters. The summed E-state index contributed by atoms with van der Waals surface area (Å²) < 4.78 is 4.83. The van der Waals surface area contributed by atoms with Crippen LogP contribution in [-0.2, 0) is 9.53 Å². The minimum Gasteiger partial charge on any atom is -0.463 e. The maximum absolute atomic E-state index is 11.1. The monoisotopic (exact) mass is 170 g/mol. The molecule has 0 heterocycles. The average Bonchev–Trinajstić information content (AvgIpc) is 2.00. The Balaban J connectivity index is 3.90. The van der Waals surface area contributed by atoms with E-state index >= 15 is 0 Å². The third-order valence-corrected chi connectivity index (χ3v) is 1.49. The molecule has 0 aliphatic rings. The van der Waals surface area contributed by atoms with Crippen LogP contribution in [0, 0.1) is 5.92 Å². The highest BCUT2D eigenvalue weighted by Crippen LogP contribution is 2.05. The van der Waals surface area contributed by atoms with Crippen LogP contribution in [0.2, 0.25) is 0 Å². The number of rotatable bonds is 4. The lowest BCUT2D eigenvalue weighted by Crippen LogP contribution is -2.05. The molecular weight excluding hydrogens is 152 g/mol. The van der Waals surface area contributed by atoms with Crippen molar-refractivity contribution in [1.82, 2.24) is 0 Å². The van der Waals surface area contributed by atoms with Gasteiger partial charge in [0.25, 0.3) is 0 Å². The summed E-state index contributed by atoms with van der Waals surface area (Å²) in [6.45, 7) is 8.30. The van der Waals surface area contributed by atoms with Crippen molar-refractivity contribution in [2.24, 2.45) is 5.92 Å². The summed E-state index contributed by atoms with van der Waals surface area (Å²) in [4.78, 5) is 11.1. The van der Waals surface area contributed by atoms with Gasteiger partial charge >= 0.3 is 5.97 Å². The second kappa shape index (κ2) is 5.81. The maximum Gasteiger partial charge on any atom is 0.333 e. The van der Waals surface area contributed by atoms with E-state index in [9.17, 15) is 4.79 Å². The Labute approximate surface area is 74.6 Å². The van der Waals surface area contributed by atoms with Crippen molar-refractivity contribution >= 4 is 5.97 Å². The van der Waals surface area contributed by atoms with Gasteiger partial charge < -0.3 is 4.74 Å². The normalized spacial score (nSPS) is 11.9. The fourth-order valence-corrected chi connectivity index (χ4v) is 0.741. The molecule has 0 aliphatic carbocycles. The van der Waals surface area contributed by atoms with Gasteiger partial charge in [-0.25, -0.2) is 4.79 Å². The van der Waals surface area contributed by atoms with Gasteiger partial charge in [-0.1, -0.05) is 19.9 Å². The van der Waals surface area contributed by atoms with Gasteiger partial charge in [0.1, 0.15) is 0 Å². The predicted molar refractivity (Wildman–Crippen MR) is 49.8 cm³/mol. The zero-order chi connectivity index (χ0) is 9.56. The second-order valence-electron chi connectivity index (χ2n) is 3.24. The number of esters is 1. The van der Waals surface area contributed by atoms with Crippen molar-refractivity contribution in [3.05, 3.63) is 11.6 Å². The standard InChI is InChI=1S/C10H18O2/c1-5-12-10(11)9(4)7-6-8(2)3/h7-8H,5-6H2,1-4H3/b9-7+. The third kappa shape index (κ3) is 4.94. The van der Waals surface area contributed by atoms with Gasteiger partial charge in [0.05, 0.1) is 6.61 Å². The lowest BCUT2D eigenvalue weighted by atomic mass is 10.1. The smallest absolute Gasteiger partial charge is 0.333 e. The van der Waals surface area contributed by atoms with E-state index in [1.165, 1.54) is 0 Å². The Hall–Kier alpha value is -0.790. The van der Waals surface area contributed by atoms with E-state index in [2.05, 4.69) is 13.8 Å². The van der Waals surface area contributed by atoms with Gasteiger partial charge in [-0.05, 0) is 26.2 Å². The first-order valence-corrected chi connectivity index (χ1v) is 4.41. The van der Waals surface area contributed by atoms with E-state index in [-0.39, 0.29) is 5.97 Å². The molecule has 0 aliphatic heterocycles. The van der Waals surface area contributed by atoms with Crippen molar-refractivity contribution in [3.63, 3.8) is 0 Å². The highest BCUT2D eigenvalue weighted by molar-refractivity contribution is 5.87. The van der Waals surface area contributed by atoms with Crippen molar-refractivity contribution < 1.29 is 9.53 Å². The van der Waals surface area contributed by atoms with Crippen LogP contribution in [-0.4, -0.2) is 12.6 Å². The van der Waals surface area contributed by atoms with E-state index in [1.807, 2.05) is 13.0 Å². The Morgan fingerprint density at radius 3 is 2.50 bits per heavy atom. The minimum atomic E-state index is -0.196. The summed E-state index contributed by atoms with van der Waals surface area (Å²) in [7, 11) is 0. The number of ether oxygens (including phenoxy) is 1. The van der Waals surface area contributed by atoms with Crippen molar-refractivity contribution in [2.75, 3.05) is 6.61 Å². The average molecular weight is 170 g/mol. The summed E-state index contributed by atoms with van der Waals surface area (Å²) in [5, 5.41) is 0. The molecule has 0 bridgehead atoms. The molecule has 0 atom stereocenters. The number of allylic oxidation sites excluding steroid dienone is 1. The van der Waals surface area contributed by atoms with Crippen molar-refractivity contribution in [1.29, 1.82) is 0 Å². The van der Waals surface area contributed by atoms with E-state index in [0.717, 1.165) is 6.42 Å². The highest BCUT2D eigenvalue weighted by atomic mass is 16.5. The predicted octanol–water partition coefficient (Wildman–Crippen LogP) is 2.54. The summed E-state index contributed by atoms with van der Waals surface area (Å²) in [5.41, 5.74) is 0.713. The summed E-state index contributed by atoms with van der Waals surface area (Å²) in [5.74, 6) is 0.396. The second-order valence-corrected chi connectivity index (χ2v) is 3.24. The molecule has 0 N–H and O–H groups in total.